The number of carboxylic acid groups (broad SMARTS) is 1. The van der Waals surface area contributed by atoms with Crippen molar-refractivity contribution in [2.45, 2.75) is 25.9 Å². The van der Waals surface area contributed by atoms with Gasteiger partial charge in [0.2, 0.25) is 0 Å². The lowest BCUT2D eigenvalue weighted by Gasteiger charge is -2.20. The minimum absolute atomic E-state index is 0.000434. The van der Waals surface area contributed by atoms with Crippen LogP contribution in [0.2, 0.25) is 0 Å². The molecule has 0 aliphatic heterocycles. The van der Waals surface area contributed by atoms with Gasteiger partial charge in [-0.05, 0) is 6.42 Å². The monoisotopic (exact) mass is 270 g/mol. The molecule has 0 aliphatic carbocycles. The maximum absolute atomic E-state index is 11.8. The number of carbonyl (C=O) groups is 2. The van der Waals surface area contributed by atoms with Gasteiger partial charge in [0.05, 0.1) is 5.92 Å². The van der Waals surface area contributed by atoms with Gasteiger partial charge in [0.25, 0.3) is 0 Å². The van der Waals surface area contributed by atoms with Crippen molar-refractivity contribution in [3.05, 3.63) is 0 Å². The molecule has 0 aromatic heterocycles. The van der Waals surface area contributed by atoms with Gasteiger partial charge in [-0.15, -0.1) is 0 Å². The van der Waals surface area contributed by atoms with E-state index in [1.165, 1.54) is 14.0 Å². The Morgan fingerprint density at radius 3 is 2.39 bits per heavy atom. The number of halogens is 3. The van der Waals surface area contributed by atoms with Gasteiger partial charge in [-0.25, -0.2) is 4.79 Å². The molecule has 0 radical (unpaired) electrons. The third-order valence-electron chi connectivity index (χ3n) is 2.23. The zero-order valence-electron chi connectivity index (χ0n) is 10.3. The van der Waals surface area contributed by atoms with Crippen molar-refractivity contribution in [2.75, 3.05) is 20.1 Å². The molecule has 0 rings (SSSR count). The van der Waals surface area contributed by atoms with Crippen LogP contribution in [-0.2, 0) is 4.79 Å². The van der Waals surface area contributed by atoms with Crippen molar-refractivity contribution in [1.82, 2.24) is 10.2 Å². The summed E-state index contributed by atoms with van der Waals surface area (Å²) in [5, 5.41) is 10.9. The summed E-state index contributed by atoms with van der Waals surface area (Å²) in [5.74, 6) is -1.76. The number of hydrogen-bond acceptors (Lipinski definition) is 2. The van der Waals surface area contributed by atoms with Crippen molar-refractivity contribution in [3.63, 3.8) is 0 Å². The van der Waals surface area contributed by atoms with Gasteiger partial charge in [0.15, 0.2) is 0 Å². The Kier molecular flexibility index (Phi) is 6.50. The second-order valence-corrected chi connectivity index (χ2v) is 4.07. The minimum atomic E-state index is -4.23. The van der Waals surface area contributed by atoms with Crippen LogP contribution in [-0.4, -0.2) is 48.3 Å². The summed E-state index contributed by atoms with van der Waals surface area (Å²) in [6.45, 7) is 1.35. The van der Waals surface area contributed by atoms with E-state index < -0.39 is 30.5 Å². The summed E-state index contributed by atoms with van der Waals surface area (Å²) in [5.41, 5.74) is 0. The molecule has 0 saturated carbocycles. The minimum Gasteiger partial charge on any atom is -0.481 e. The van der Waals surface area contributed by atoms with Crippen molar-refractivity contribution in [2.24, 2.45) is 5.92 Å². The topological polar surface area (TPSA) is 69.6 Å². The molecule has 0 aliphatic rings. The largest absolute Gasteiger partial charge is 0.481 e. The van der Waals surface area contributed by atoms with E-state index >= 15 is 0 Å². The summed E-state index contributed by atoms with van der Waals surface area (Å²) < 4.78 is 35.4. The number of aliphatic carboxylic acids is 1. The van der Waals surface area contributed by atoms with Crippen molar-refractivity contribution >= 4 is 12.0 Å². The first kappa shape index (κ1) is 16.5. The molecule has 0 heterocycles. The molecule has 0 bridgehead atoms. The number of hydrogen-bond donors (Lipinski definition) is 2. The van der Waals surface area contributed by atoms with Gasteiger partial charge in [0, 0.05) is 26.6 Å². The lowest BCUT2D eigenvalue weighted by atomic mass is 10.2. The third-order valence-corrected chi connectivity index (χ3v) is 2.23. The average molecular weight is 270 g/mol. The number of nitrogens with one attached hydrogen (secondary N) is 1. The molecule has 8 heteroatoms. The second-order valence-electron chi connectivity index (χ2n) is 4.07. The Labute approximate surface area is 103 Å². The smallest absolute Gasteiger partial charge is 0.389 e. The number of carboxylic acids is 1. The summed E-state index contributed by atoms with van der Waals surface area (Å²) in [6.07, 6.45) is -5.38. The van der Waals surface area contributed by atoms with Crippen LogP contribution in [0.25, 0.3) is 0 Å². The highest BCUT2D eigenvalue weighted by Crippen LogP contribution is 2.20. The van der Waals surface area contributed by atoms with E-state index in [9.17, 15) is 22.8 Å². The maximum atomic E-state index is 11.8. The summed E-state index contributed by atoms with van der Waals surface area (Å²) in [7, 11) is 1.39. The molecule has 0 saturated heterocycles. The Balaban J connectivity index is 3.85. The van der Waals surface area contributed by atoms with Crippen LogP contribution in [0.4, 0.5) is 18.0 Å². The standard InChI is InChI=1S/C10H17F3N2O3/c1-7(8(16)17)6-15(2)9(18)14-5-3-4-10(11,12)13/h7H,3-6H2,1-2H3,(H,14,18)(H,16,17). The lowest BCUT2D eigenvalue weighted by molar-refractivity contribution is -0.141. The van der Waals surface area contributed by atoms with Gasteiger partial charge in [-0.3, -0.25) is 4.79 Å². The summed E-state index contributed by atoms with van der Waals surface area (Å²) >= 11 is 0. The fourth-order valence-corrected chi connectivity index (χ4v) is 1.19. The van der Waals surface area contributed by atoms with Crippen molar-refractivity contribution in [1.29, 1.82) is 0 Å². The van der Waals surface area contributed by atoms with Crippen molar-refractivity contribution in [3.8, 4) is 0 Å². The molecule has 106 valence electrons. The van der Waals surface area contributed by atoms with Crippen LogP contribution in [0, 0.1) is 5.92 Å². The van der Waals surface area contributed by atoms with E-state index in [4.69, 9.17) is 5.11 Å². The van der Waals surface area contributed by atoms with E-state index in [1.807, 2.05) is 0 Å². The van der Waals surface area contributed by atoms with E-state index in [1.54, 1.807) is 0 Å². The third kappa shape index (κ3) is 7.75. The molecule has 18 heavy (non-hydrogen) atoms. The Bertz CT molecular complexity index is 295. The quantitative estimate of drug-likeness (QED) is 0.722. The fraction of sp³-hybridized carbons (Fsp3) is 0.800. The summed E-state index contributed by atoms with van der Waals surface area (Å²) in [4.78, 5) is 23.0. The Morgan fingerprint density at radius 1 is 1.39 bits per heavy atom. The van der Waals surface area contributed by atoms with E-state index in [-0.39, 0.29) is 19.5 Å². The number of carbonyl (C=O) groups excluding carboxylic acids is 1. The SMILES string of the molecule is CC(CN(C)C(=O)NCCCC(F)(F)F)C(=O)O. The van der Waals surface area contributed by atoms with Gasteiger partial charge in [-0.1, -0.05) is 6.92 Å². The van der Waals surface area contributed by atoms with Crippen LogP contribution in [0.5, 0.6) is 0 Å². The Morgan fingerprint density at radius 2 is 1.94 bits per heavy atom. The molecular weight excluding hydrogens is 253 g/mol. The molecular formula is C10H17F3N2O3. The van der Waals surface area contributed by atoms with Gasteiger partial charge in [0.1, 0.15) is 0 Å². The molecule has 0 aromatic rings. The zero-order chi connectivity index (χ0) is 14.3. The van der Waals surface area contributed by atoms with Crippen LogP contribution in [0.3, 0.4) is 0 Å². The maximum Gasteiger partial charge on any atom is 0.389 e. The molecule has 0 aromatic carbocycles. The van der Waals surface area contributed by atoms with Gasteiger partial charge >= 0.3 is 18.2 Å². The number of alkyl halides is 3. The normalized spacial score (nSPS) is 12.9. The van der Waals surface area contributed by atoms with Crippen molar-refractivity contribution < 1.29 is 27.9 Å². The molecule has 1 unspecified atom stereocenters. The summed E-state index contributed by atoms with van der Waals surface area (Å²) in [6, 6.07) is -0.578. The van der Waals surface area contributed by atoms with Crippen LogP contribution in [0.1, 0.15) is 19.8 Å². The molecule has 0 fully saturated rings. The lowest BCUT2D eigenvalue weighted by Crippen LogP contribution is -2.41. The predicted molar refractivity (Wildman–Crippen MR) is 58.1 cm³/mol. The molecule has 0 spiro atoms. The number of rotatable bonds is 6. The van der Waals surface area contributed by atoms with E-state index in [0.29, 0.717) is 0 Å². The first-order valence-corrected chi connectivity index (χ1v) is 5.42. The molecule has 2 amide bonds. The van der Waals surface area contributed by atoms with Crippen LogP contribution in [0.15, 0.2) is 0 Å². The van der Waals surface area contributed by atoms with E-state index in [0.717, 1.165) is 4.90 Å². The molecule has 2 N–H and O–H groups in total. The number of urea groups is 1. The van der Waals surface area contributed by atoms with E-state index in [2.05, 4.69) is 5.32 Å². The highest BCUT2D eigenvalue weighted by Gasteiger charge is 2.26. The predicted octanol–water partition coefficient (Wildman–Crippen LogP) is 1.69. The van der Waals surface area contributed by atoms with Crippen LogP contribution >= 0.6 is 0 Å². The average Bonchev–Trinajstić information content (AvgIpc) is 2.22. The van der Waals surface area contributed by atoms with Crippen LogP contribution < -0.4 is 5.32 Å². The first-order valence-electron chi connectivity index (χ1n) is 5.42. The number of nitrogens with zero attached hydrogens (tertiary/aromatic N) is 1. The van der Waals surface area contributed by atoms with Gasteiger partial charge in [-0.2, -0.15) is 13.2 Å². The molecule has 1 atom stereocenters. The second kappa shape index (κ2) is 7.07. The first-order chi connectivity index (χ1) is 8.13. The Hall–Kier alpha value is -1.47. The molecule has 5 nitrogen and oxygen atoms in total. The number of amides is 2. The highest BCUT2D eigenvalue weighted by molar-refractivity contribution is 5.75. The fourth-order valence-electron chi connectivity index (χ4n) is 1.19. The zero-order valence-corrected chi connectivity index (χ0v) is 10.3. The van der Waals surface area contributed by atoms with Gasteiger partial charge < -0.3 is 15.3 Å². The highest BCUT2D eigenvalue weighted by atomic mass is 19.4.